The van der Waals surface area contributed by atoms with Crippen molar-refractivity contribution >= 4 is 0 Å². The van der Waals surface area contributed by atoms with Crippen molar-refractivity contribution in [2.75, 3.05) is 19.6 Å². The van der Waals surface area contributed by atoms with Crippen LogP contribution in [0.2, 0.25) is 0 Å². The van der Waals surface area contributed by atoms with Crippen LogP contribution in [0, 0.1) is 12.8 Å². The zero-order valence-corrected chi connectivity index (χ0v) is 14.1. The third kappa shape index (κ3) is 5.66. The van der Waals surface area contributed by atoms with Crippen molar-refractivity contribution in [3.05, 3.63) is 18.0 Å². The molecule has 1 fully saturated rings. The van der Waals surface area contributed by atoms with E-state index in [-0.39, 0.29) is 0 Å². The standard InChI is InChI=1S/C15H27N3.C2H6/c1-13(2)6-4-8-17-9-5-7-15(12-17)18-11-14(3)10-16-18;1-2/h10-11,13,15H,4-9,12H2,1-3H3;1-2H3. The molecule has 0 aliphatic carbocycles. The molecule has 0 N–H and O–H groups in total. The van der Waals surface area contributed by atoms with Crippen molar-refractivity contribution in [1.29, 1.82) is 0 Å². The highest BCUT2D eigenvalue weighted by atomic mass is 15.3. The number of likely N-dealkylation sites (tertiary alicyclic amines) is 1. The van der Waals surface area contributed by atoms with E-state index >= 15 is 0 Å². The molecule has 3 nitrogen and oxygen atoms in total. The third-order valence-electron chi connectivity index (χ3n) is 3.84. The van der Waals surface area contributed by atoms with Gasteiger partial charge >= 0.3 is 0 Å². The van der Waals surface area contributed by atoms with Crippen LogP contribution in [0.3, 0.4) is 0 Å². The van der Waals surface area contributed by atoms with E-state index in [2.05, 4.69) is 41.6 Å². The second-order valence-corrected chi connectivity index (χ2v) is 6.13. The SMILES string of the molecule is CC.Cc1cnn(C2CCCN(CCCC(C)C)C2)c1. The van der Waals surface area contributed by atoms with Gasteiger partial charge in [0.15, 0.2) is 0 Å². The van der Waals surface area contributed by atoms with E-state index in [1.807, 2.05) is 20.0 Å². The first kappa shape index (κ1) is 17.2. The molecule has 3 heteroatoms. The van der Waals surface area contributed by atoms with E-state index in [4.69, 9.17) is 0 Å². The fourth-order valence-corrected chi connectivity index (χ4v) is 2.81. The highest BCUT2D eigenvalue weighted by Crippen LogP contribution is 2.21. The predicted molar refractivity (Wildman–Crippen MR) is 87.1 cm³/mol. The van der Waals surface area contributed by atoms with Gasteiger partial charge in [-0.25, -0.2) is 0 Å². The van der Waals surface area contributed by atoms with Crippen molar-refractivity contribution < 1.29 is 0 Å². The molecule has 1 saturated heterocycles. The number of rotatable bonds is 5. The first-order chi connectivity index (χ1) is 9.65. The van der Waals surface area contributed by atoms with Crippen LogP contribution in [0.4, 0.5) is 0 Å². The maximum atomic E-state index is 4.47. The van der Waals surface area contributed by atoms with Gasteiger partial charge in [-0.05, 0) is 57.2 Å². The molecule has 1 aromatic heterocycles. The van der Waals surface area contributed by atoms with Crippen molar-refractivity contribution in [2.45, 2.75) is 66.3 Å². The van der Waals surface area contributed by atoms with Gasteiger partial charge in [0.2, 0.25) is 0 Å². The van der Waals surface area contributed by atoms with E-state index in [9.17, 15) is 0 Å². The van der Waals surface area contributed by atoms with Gasteiger partial charge in [-0.1, -0.05) is 27.7 Å². The summed E-state index contributed by atoms with van der Waals surface area (Å²) in [6.45, 7) is 14.5. The highest BCUT2D eigenvalue weighted by Gasteiger charge is 2.21. The summed E-state index contributed by atoms with van der Waals surface area (Å²) in [5.74, 6) is 0.833. The lowest BCUT2D eigenvalue weighted by atomic mass is 10.0. The van der Waals surface area contributed by atoms with E-state index in [0.29, 0.717) is 6.04 Å². The first-order valence-electron chi connectivity index (χ1n) is 8.38. The van der Waals surface area contributed by atoms with E-state index in [0.717, 1.165) is 5.92 Å². The third-order valence-corrected chi connectivity index (χ3v) is 3.84. The van der Waals surface area contributed by atoms with Crippen molar-refractivity contribution in [3.63, 3.8) is 0 Å². The Hall–Kier alpha value is -0.830. The predicted octanol–water partition coefficient (Wildman–Crippen LogP) is 4.29. The van der Waals surface area contributed by atoms with Gasteiger partial charge in [-0.15, -0.1) is 0 Å². The summed E-state index contributed by atoms with van der Waals surface area (Å²) in [4.78, 5) is 2.62. The van der Waals surface area contributed by atoms with E-state index in [1.165, 1.54) is 50.9 Å². The number of nitrogens with zero attached hydrogens (tertiary/aromatic N) is 3. The van der Waals surface area contributed by atoms with Crippen LogP contribution in [0.25, 0.3) is 0 Å². The number of hydrogen-bond donors (Lipinski definition) is 0. The molecule has 1 aromatic rings. The summed E-state index contributed by atoms with van der Waals surface area (Å²) in [5, 5.41) is 4.47. The summed E-state index contributed by atoms with van der Waals surface area (Å²) >= 11 is 0. The maximum Gasteiger partial charge on any atom is 0.0646 e. The second kappa shape index (κ2) is 9.17. The molecule has 1 aliphatic heterocycles. The van der Waals surface area contributed by atoms with Gasteiger partial charge in [-0.2, -0.15) is 5.10 Å². The van der Waals surface area contributed by atoms with Gasteiger partial charge in [0.05, 0.1) is 12.2 Å². The molecule has 0 radical (unpaired) electrons. The molecule has 2 rings (SSSR count). The topological polar surface area (TPSA) is 21.1 Å². The molecule has 2 heterocycles. The number of aryl methyl sites for hydroxylation is 1. The molecule has 0 amide bonds. The molecular weight excluding hydrogens is 246 g/mol. The lowest BCUT2D eigenvalue weighted by Gasteiger charge is -2.33. The van der Waals surface area contributed by atoms with E-state index < -0.39 is 0 Å². The Balaban J connectivity index is 0.000000956. The normalized spacial score (nSPS) is 19.8. The van der Waals surface area contributed by atoms with Crippen LogP contribution in [-0.2, 0) is 0 Å². The minimum absolute atomic E-state index is 0.589. The van der Waals surface area contributed by atoms with Gasteiger partial charge in [0.25, 0.3) is 0 Å². The summed E-state index contributed by atoms with van der Waals surface area (Å²) in [6.07, 6.45) is 9.43. The van der Waals surface area contributed by atoms with Crippen LogP contribution < -0.4 is 0 Å². The monoisotopic (exact) mass is 279 g/mol. The van der Waals surface area contributed by atoms with Crippen LogP contribution >= 0.6 is 0 Å². The van der Waals surface area contributed by atoms with Crippen molar-refractivity contribution in [3.8, 4) is 0 Å². The molecule has 0 spiro atoms. The fraction of sp³-hybridized carbons (Fsp3) is 0.824. The van der Waals surface area contributed by atoms with Gasteiger partial charge < -0.3 is 4.90 Å². The van der Waals surface area contributed by atoms with Gasteiger partial charge in [0, 0.05) is 12.7 Å². The second-order valence-electron chi connectivity index (χ2n) is 6.13. The van der Waals surface area contributed by atoms with Crippen molar-refractivity contribution in [2.24, 2.45) is 5.92 Å². The molecule has 1 aliphatic rings. The minimum Gasteiger partial charge on any atom is -0.301 e. The number of hydrogen-bond acceptors (Lipinski definition) is 2. The highest BCUT2D eigenvalue weighted by molar-refractivity contribution is 5.01. The molecule has 0 saturated carbocycles. The molecule has 20 heavy (non-hydrogen) atoms. The Morgan fingerprint density at radius 2 is 2.10 bits per heavy atom. The largest absolute Gasteiger partial charge is 0.301 e. The summed E-state index contributed by atoms with van der Waals surface area (Å²) in [7, 11) is 0. The van der Waals surface area contributed by atoms with Crippen molar-refractivity contribution in [1.82, 2.24) is 14.7 Å². The van der Waals surface area contributed by atoms with Crippen LogP contribution in [-0.4, -0.2) is 34.3 Å². The Labute approximate surface area is 125 Å². The maximum absolute atomic E-state index is 4.47. The summed E-state index contributed by atoms with van der Waals surface area (Å²) in [6, 6.07) is 0.589. The Morgan fingerprint density at radius 1 is 1.35 bits per heavy atom. The Kier molecular flexibility index (Phi) is 7.90. The van der Waals surface area contributed by atoms with E-state index in [1.54, 1.807) is 0 Å². The van der Waals surface area contributed by atoms with Gasteiger partial charge in [-0.3, -0.25) is 4.68 Å². The summed E-state index contributed by atoms with van der Waals surface area (Å²) < 4.78 is 2.17. The molecule has 0 aromatic carbocycles. The van der Waals surface area contributed by atoms with Crippen LogP contribution in [0.15, 0.2) is 12.4 Å². The van der Waals surface area contributed by atoms with Crippen LogP contribution in [0.5, 0.6) is 0 Å². The molecule has 0 bridgehead atoms. The quantitative estimate of drug-likeness (QED) is 0.801. The summed E-state index contributed by atoms with van der Waals surface area (Å²) in [5.41, 5.74) is 1.27. The van der Waals surface area contributed by atoms with Crippen LogP contribution in [0.1, 0.15) is 65.0 Å². The molecule has 1 atom stereocenters. The number of piperidine rings is 1. The average Bonchev–Trinajstić information content (AvgIpc) is 2.88. The minimum atomic E-state index is 0.589. The van der Waals surface area contributed by atoms with Gasteiger partial charge in [0.1, 0.15) is 0 Å². The molecule has 1 unspecified atom stereocenters. The smallest absolute Gasteiger partial charge is 0.0646 e. The average molecular weight is 279 g/mol. The molecular formula is C17H33N3. The Bertz CT molecular complexity index is 357. The molecule has 116 valence electrons. The fourth-order valence-electron chi connectivity index (χ4n) is 2.81. The lowest BCUT2D eigenvalue weighted by Crippen LogP contribution is -2.37. The Morgan fingerprint density at radius 3 is 2.70 bits per heavy atom. The number of aromatic nitrogens is 2. The first-order valence-corrected chi connectivity index (χ1v) is 8.38. The zero-order valence-electron chi connectivity index (χ0n) is 14.1. The zero-order chi connectivity index (χ0) is 15.0. The lowest BCUT2D eigenvalue weighted by molar-refractivity contribution is 0.166.